The molecule has 6 heteroatoms. The number of methoxy groups -OCH3 is 1. The summed E-state index contributed by atoms with van der Waals surface area (Å²) in [5.41, 5.74) is 0. The number of nitrogens with one attached hydrogen (secondary N) is 1. The molecule has 1 amide bonds. The summed E-state index contributed by atoms with van der Waals surface area (Å²) in [4.78, 5) is 22.2. The van der Waals surface area contributed by atoms with E-state index in [4.69, 9.17) is 14.6 Å². The summed E-state index contributed by atoms with van der Waals surface area (Å²) in [6.45, 7) is 2.23. The number of carboxylic acid groups (broad SMARTS) is 1. The van der Waals surface area contributed by atoms with Gasteiger partial charge in [-0.05, 0) is 19.8 Å². The molecule has 0 aromatic carbocycles. The van der Waals surface area contributed by atoms with Crippen LogP contribution in [0.3, 0.4) is 0 Å². The Labute approximate surface area is 93.9 Å². The predicted molar refractivity (Wildman–Crippen MR) is 55.0 cm³/mol. The molecule has 1 unspecified atom stereocenters. The molecule has 1 heterocycles. The van der Waals surface area contributed by atoms with Crippen LogP contribution in [0.4, 0.5) is 0 Å². The topological polar surface area (TPSA) is 84.9 Å². The minimum atomic E-state index is -1.01. The van der Waals surface area contributed by atoms with Crippen LogP contribution in [0.1, 0.15) is 19.8 Å². The third kappa shape index (κ3) is 3.46. The van der Waals surface area contributed by atoms with E-state index in [1.165, 1.54) is 0 Å². The van der Waals surface area contributed by atoms with Crippen molar-refractivity contribution in [1.82, 2.24) is 5.32 Å². The monoisotopic (exact) mass is 231 g/mol. The highest BCUT2D eigenvalue weighted by atomic mass is 16.5. The van der Waals surface area contributed by atoms with Gasteiger partial charge in [0.15, 0.2) is 6.10 Å². The van der Waals surface area contributed by atoms with Gasteiger partial charge in [0.05, 0.1) is 6.61 Å². The lowest BCUT2D eigenvalue weighted by atomic mass is 10.2. The number of hydrogen-bond acceptors (Lipinski definition) is 4. The lowest BCUT2D eigenvalue weighted by Gasteiger charge is -2.16. The van der Waals surface area contributed by atoms with E-state index in [1.54, 1.807) is 7.11 Å². The molecule has 92 valence electrons. The predicted octanol–water partition coefficient (Wildman–Crippen LogP) is -0.230. The molecule has 0 aromatic rings. The van der Waals surface area contributed by atoms with Crippen molar-refractivity contribution >= 4 is 11.9 Å². The maximum absolute atomic E-state index is 11.6. The van der Waals surface area contributed by atoms with E-state index in [0.29, 0.717) is 19.4 Å². The Bertz CT molecular complexity index is 268. The minimum Gasteiger partial charge on any atom is -0.479 e. The van der Waals surface area contributed by atoms with Crippen molar-refractivity contribution in [2.75, 3.05) is 13.7 Å². The van der Waals surface area contributed by atoms with Crippen molar-refractivity contribution in [2.45, 2.75) is 38.0 Å². The SMILES string of the molecule is COCC(C)NC(=O)[C@@H]1CC[C@H](C(=O)O)O1. The molecule has 1 fully saturated rings. The van der Waals surface area contributed by atoms with Crippen LogP contribution >= 0.6 is 0 Å². The van der Waals surface area contributed by atoms with Gasteiger partial charge in [-0.2, -0.15) is 0 Å². The highest BCUT2D eigenvalue weighted by molar-refractivity contribution is 5.82. The van der Waals surface area contributed by atoms with E-state index in [2.05, 4.69) is 5.32 Å². The van der Waals surface area contributed by atoms with Crippen LogP contribution in [0.15, 0.2) is 0 Å². The first kappa shape index (κ1) is 12.9. The smallest absolute Gasteiger partial charge is 0.332 e. The van der Waals surface area contributed by atoms with Crippen LogP contribution in [0, 0.1) is 0 Å². The molecular formula is C10H17NO5. The average Bonchev–Trinajstić information content (AvgIpc) is 2.66. The van der Waals surface area contributed by atoms with Crippen molar-refractivity contribution in [3.63, 3.8) is 0 Å². The molecule has 0 radical (unpaired) electrons. The van der Waals surface area contributed by atoms with Gasteiger partial charge in [-0.25, -0.2) is 4.79 Å². The van der Waals surface area contributed by atoms with Crippen molar-refractivity contribution in [3.8, 4) is 0 Å². The largest absolute Gasteiger partial charge is 0.479 e. The minimum absolute atomic E-state index is 0.107. The summed E-state index contributed by atoms with van der Waals surface area (Å²) < 4.78 is 9.99. The third-order valence-electron chi connectivity index (χ3n) is 2.39. The summed E-state index contributed by atoms with van der Waals surface area (Å²) in [7, 11) is 1.55. The first-order valence-corrected chi connectivity index (χ1v) is 5.22. The summed E-state index contributed by atoms with van der Waals surface area (Å²) in [6.07, 6.45) is -0.678. The fraction of sp³-hybridized carbons (Fsp3) is 0.800. The molecule has 0 aromatic heterocycles. The second kappa shape index (κ2) is 5.81. The Morgan fingerprint density at radius 3 is 2.62 bits per heavy atom. The van der Waals surface area contributed by atoms with Gasteiger partial charge >= 0.3 is 5.97 Å². The summed E-state index contributed by atoms with van der Waals surface area (Å²) >= 11 is 0. The van der Waals surface area contributed by atoms with E-state index in [9.17, 15) is 9.59 Å². The second-order valence-corrected chi connectivity index (χ2v) is 3.89. The van der Waals surface area contributed by atoms with E-state index >= 15 is 0 Å². The van der Waals surface area contributed by atoms with Gasteiger partial charge in [-0.15, -0.1) is 0 Å². The summed E-state index contributed by atoms with van der Waals surface area (Å²) in [5, 5.41) is 11.4. The van der Waals surface area contributed by atoms with Crippen LogP contribution in [0.25, 0.3) is 0 Å². The molecule has 6 nitrogen and oxygen atoms in total. The van der Waals surface area contributed by atoms with Crippen LogP contribution < -0.4 is 5.32 Å². The fourth-order valence-corrected chi connectivity index (χ4v) is 1.64. The standard InChI is InChI=1S/C10H17NO5/c1-6(5-15-2)11-9(12)7-3-4-8(16-7)10(13)14/h6-8H,3-5H2,1-2H3,(H,11,12)(H,13,14)/t6?,7-,8+/m0/s1. The Morgan fingerprint density at radius 1 is 1.50 bits per heavy atom. The lowest BCUT2D eigenvalue weighted by molar-refractivity contribution is -0.152. The van der Waals surface area contributed by atoms with E-state index < -0.39 is 18.2 Å². The Balaban J connectivity index is 2.36. The maximum Gasteiger partial charge on any atom is 0.332 e. The van der Waals surface area contributed by atoms with Gasteiger partial charge in [-0.3, -0.25) is 4.79 Å². The molecule has 0 bridgehead atoms. The Hall–Kier alpha value is -1.14. The number of aliphatic carboxylic acids is 1. The van der Waals surface area contributed by atoms with Crippen molar-refractivity contribution in [3.05, 3.63) is 0 Å². The first-order valence-electron chi connectivity index (χ1n) is 5.22. The van der Waals surface area contributed by atoms with Gasteiger partial charge in [0.2, 0.25) is 5.91 Å². The van der Waals surface area contributed by atoms with Crippen molar-refractivity contribution in [1.29, 1.82) is 0 Å². The summed E-state index contributed by atoms with van der Waals surface area (Å²) in [6, 6.07) is -0.107. The molecule has 0 spiro atoms. The number of carbonyl (C=O) groups is 2. The van der Waals surface area contributed by atoms with Crippen molar-refractivity contribution in [2.24, 2.45) is 0 Å². The van der Waals surface area contributed by atoms with Gasteiger partial charge in [0.1, 0.15) is 6.10 Å². The molecule has 0 aliphatic carbocycles. The molecular weight excluding hydrogens is 214 g/mol. The molecule has 16 heavy (non-hydrogen) atoms. The highest BCUT2D eigenvalue weighted by Gasteiger charge is 2.34. The summed E-state index contributed by atoms with van der Waals surface area (Å²) in [5.74, 6) is -1.28. The number of hydrogen-bond donors (Lipinski definition) is 2. The van der Waals surface area contributed by atoms with Gasteiger partial charge in [-0.1, -0.05) is 0 Å². The third-order valence-corrected chi connectivity index (χ3v) is 2.39. The maximum atomic E-state index is 11.6. The first-order chi connectivity index (χ1) is 7.54. The fourth-order valence-electron chi connectivity index (χ4n) is 1.64. The van der Waals surface area contributed by atoms with Gasteiger partial charge in [0, 0.05) is 13.2 Å². The quantitative estimate of drug-likeness (QED) is 0.682. The molecule has 1 aliphatic rings. The molecule has 1 saturated heterocycles. The molecule has 2 N–H and O–H groups in total. The zero-order chi connectivity index (χ0) is 12.1. The van der Waals surface area contributed by atoms with Gasteiger partial charge < -0.3 is 19.9 Å². The van der Waals surface area contributed by atoms with Crippen molar-refractivity contribution < 1.29 is 24.2 Å². The normalized spacial score (nSPS) is 26.4. The van der Waals surface area contributed by atoms with E-state index in [1.807, 2.05) is 6.92 Å². The zero-order valence-corrected chi connectivity index (χ0v) is 9.43. The van der Waals surface area contributed by atoms with Crippen LogP contribution in [0.5, 0.6) is 0 Å². The molecule has 1 rings (SSSR count). The van der Waals surface area contributed by atoms with E-state index in [0.717, 1.165) is 0 Å². The number of rotatable bonds is 5. The average molecular weight is 231 g/mol. The molecule has 1 aliphatic heterocycles. The van der Waals surface area contributed by atoms with Crippen LogP contribution in [-0.2, 0) is 19.1 Å². The number of carboxylic acids is 1. The van der Waals surface area contributed by atoms with Crippen LogP contribution in [0.2, 0.25) is 0 Å². The highest BCUT2D eigenvalue weighted by Crippen LogP contribution is 2.19. The van der Waals surface area contributed by atoms with E-state index in [-0.39, 0.29) is 11.9 Å². The number of ether oxygens (including phenoxy) is 2. The second-order valence-electron chi connectivity index (χ2n) is 3.89. The Morgan fingerprint density at radius 2 is 2.12 bits per heavy atom. The number of amides is 1. The van der Waals surface area contributed by atoms with Crippen LogP contribution in [-0.4, -0.2) is 48.9 Å². The number of carbonyl (C=O) groups excluding carboxylic acids is 1. The Kier molecular flexibility index (Phi) is 4.70. The van der Waals surface area contributed by atoms with Gasteiger partial charge in [0.25, 0.3) is 0 Å². The zero-order valence-electron chi connectivity index (χ0n) is 9.43. The molecule has 0 saturated carbocycles. The molecule has 3 atom stereocenters. The lowest BCUT2D eigenvalue weighted by Crippen LogP contribution is -2.42.